The maximum atomic E-state index is 13.0. The van der Waals surface area contributed by atoms with Crippen LogP contribution in [0.1, 0.15) is 0 Å². The second-order valence-corrected chi connectivity index (χ2v) is 4.06. The molecule has 0 aliphatic heterocycles. The fraction of sp³-hybridized carbons (Fsp3) is 0.154. The van der Waals surface area contributed by atoms with Crippen molar-refractivity contribution in [3.05, 3.63) is 41.3 Å². The van der Waals surface area contributed by atoms with Crippen LogP contribution in [0.4, 0.5) is 15.9 Å². The van der Waals surface area contributed by atoms with E-state index in [1.54, 1.807) is 24.3 Å². The van der Waals surface area contributed by atoms with Crippen LogP contribution in [0.5, 0.6) is 11.5 Å². The number of benzene rings is 1. The molecule has 2 rings (SSSR count). The molecule has 19 heavy (non-hydrogen) atoms. The maximum Gasteiger partial charge on any atom is 0.214 e. The Hall–Kier alpha value is -2.01. The van der Waals surface area contributed by atoms with Crippen molar-refractivity contribution in [1.82, 2.24) is 4.98 Å². The van der Waals surface area contributed by atoms with Gasteiger partial charge in [0.15, 0.2) is 0 Å². The number of halogens is 2. The van der Waals surface area contributed by atoms with Crippen molar-refractivity contribution in [3.8, 4) is 11.5 Å². The highest BCUT2D eigenvalue weighted by atomic mass is 35.5. The molecule has 0 saturated heterocycles. The maximum absolute atomic E-state index is 13.0. The fourth-order valence-electron chi connectivity index (χ4n) is 1.57. The molecule has 0 amide bonds. The zero-order chi connectivity index (χ0) is 13.8. The van der Waals surface area contributed by atoms with Gasteiger partial charge >= 0.3 is 0 Å². The summed E-state index contributed by atoms with van der Waals surface area (Å²) >= 11 is 6.00. The molecule has 1 aromatic heterocycles. The van der Waals surface area contributed by atoms with Gasteiger partial charge in [0.1, 0.15) is 17.3 Å². The number of hydrogen-bond acceptors (Lipinski definition) is 4. The summed E-state index contributed by atoms with van der Waals surface area (Å²) in [6.45, 7) is 0. The lowest BCUT2D eigenvalue weighted by Gasteiger charge is -2.13. The average Bonchev–Trinajstić information content (AvgIpc) is 2.40. The molecule has 4 nitrogen and oxygen atoms in total. The SMILES string of the molecule is COc1cc(Nc2cccc(F)n2)c(OC)cc1Cl. The van der Waals surface area contributed by atoms with Crippen molar-refractivity contribution in [1.29, 1.82) is 0 Å². The third-order valence-electron chi connectivity index (χ3n) is 2.45. The van der Waals surface area contributed by atoms with E-state index in [1.165, 1.54) is 20.3 Å². The number of hydrogen-bond donors (Lipinski definition) is 1. The Morgan fingerprint density at radius 2 is 1.89 bits per heavy atom. The topological polar surface area (TPSA) is 43.4 Å². The van der Waals surface area contributed by atoms with E-state index in [0.29, 0.717) is 28.0 Å². The largest absolute Gasteiger partial charge is 0.495 e. The minimum absolute atomic E-state index is 0.364. The zero-order valence-corrected chi connectivity index (χ0v) is 11.2. The Bertz CT molecular complexity index is 593. The molecule has 0 fully saturated rings. The van der Waals surface area contributed by atoms with Gasteiger partial charge in [0, 0.05) is 12.1 Å². The van der Waals surface area contributed by atoms with Crippen LogP contribution in [-0.2, 0) is 0 Å². The van der Waals surface area contributed by atoms with Gasteiger partial charge < -0.3 is 14.8 Å². The van der Waals surface area contributed by atoms with E-state index in [0.717, 1.165) is 0 Å². The van der Waals surface area contributed by atoms with Crippen LogP contribution in [0, 0.1) is 5.95 Å². The number of aromatic nitrogens is 1. The summed E-state index contributed by atoms with van der Waals surface area (Å²) in [5, 5.41) is 3.38. The van der Waals surface area contributed by atoms with Gasteiger partial charge in [-0.1, -0.05) is 17.7 Å². The number of ether oxygens (including phenoxy) is 2. The molecule has 2 aromatic rings. The minimum atomic E-state index is -0.565. The number of pyridine rings is 1. The molecule has 100 valence electrons. The Balaban J connectivity index is 2.38. The summed E-state index contributed by atoms with van der Waals surface area (Å²) in [6, 6.07) is 7.74. The Morgan fingerprint density at radius 3 is 2.53 bits per heavy atom. The zero-order valence-electron chi connectivity index (χ0n) is 10.4. The summed E-state index contributed by atoms with van der Waals surface area (Å²) in [7, 11) is 3.03. The average molecular weight is 283 g/mol. The Morgan fingerprint density at radius 1 is 1.16 bits per heavy atom. The van der Waals surface area contributed by atoms with Crippen LogP contribution in [-0.4, -0.2) is 19.2 Å². The molecule has 0 radical (unpaired) electrons. The molecular formula is C13H12ClFN2O2. The van der Waals surface area contributed by atoms with Gasteiger partial charge in [-0.05, 0) is 12.1 Å². The van der Waals surface area contributed by atoms with E-state index in [4.69, 9.17) is 21.1 Å². The molecule has 1 heterocycles. The van der Waals surface area contributed by atoms with E-state index >= 15 is 0 Å². The third kappa shape index (κ3) is 3.06. The van der Waals surface area contributed by atoms with Crippen molar-refractivity contribution in [2.24, 2.45) is 0 Å². The van der Waals surface area contributed by atoms with Crippen molar-refractivity contribution in [2.75, 3.05) is 19.5 Å². The molecule has 6 heteroatoms. The monoisotopic (exact) mass is 282 g/mol. The lowest BCUT2D eigenvalue weighted by atomic mass is 10.2. The Kier molecular flexibility index (Phi) is 4.06. The number of nitrogens with zero attached hydrogens (tertiary/aromatic N) is 1. The van der Waals surface area contributed by atoms with Crippen LogP contribution in [0.2, 0.25) is 5.02 Å². The molecule has 0 aliphatic rings. The summed E-state index contributed by atoms with van der Waals surface area (Å²) in [5.74, 6) is 0.797. The van der Waals surface area contributed by atoms with E-state index < -0.39 is 5.95 Å². The van der Waals surface area contributed by atoms with Crippen LogP contribution < -0.4 is 14.8 Å². The second-order valence-electron chi connectivity index (χ2n) is 3.66. The van der Waals surface area contributed by atoms with Gasteiger partial charge in [0.05, 0.1) is 24.9 Å². The summed E-state index contributed by atoms with van der Waals surface area (Å²) < 4.78 is 23.4. The first kappa shape index (κ1) is 13.4. The van der Waals surface area contributed by atoms with Crippen molar-refractivity contribution in [2.45, 2.75) is 0 Å². The second kappa shape index (κ2) is 5.75. The Labute approximate surface area is 115 Å². The van der Waals surface area contributed by atoms with Gasteiger partial charge in [-0.3, -0.25) is 0 Å². The summed E-state index contributed by atoms with van der Waals surface area (Å²) in [6.07, 6.45) is 0. The third-order valence-corrected chi connectivity index (χ3v) is 2.75. The first-order chi connectivity index (χ1) is 9.13. The predicted molar refractivity (Wildman–Crippen MR) is 72.0 cm³/mol. The normalized spacial score (nSPS) is 10.1. The molecule has 0 bridgehead atoms. The highest BCUT2D eigenvalue weighted by Gasteiger charge is 2.10. The van der Waals surface area contributed by atoms with Gasteiger partial charge in [0.2, 0.25) is 5.95 Å². The highest BCUT2D eigenvalue weighted by Crippen LogP contribution is 2.36. The van der Waals surface area contributed by atoms with E-state index in [1.807, 2.05) is 0 Å². The summed E-state index contributed by atoms with van der Waals surface area (Å²) in [4.78, 5) is 3.71. The molecule has 0 unspecified atom stereocenters. The molecule has 1 N–H and O–H groups in total. The fourth-order valence-corrected chi connectivity index (χ4v) is 1.80. The highest BCUT2D eigenvalue weighted by molar-refractivity contribution is 6.32. The molecular weight excluding hydrogens is 271 g/mol. The van der Waals surface area contributed by atoms with Crippen LogP contribution in [0.25, 0.3) is 0 Å². The van der Waals surface area contributed by atoms with Gasteiger partial charge in [-0.25, -0.2) is 4.98 Å². The lowest BCUT2D eigenvalue weighted by Crippen LogP contribution is -1.98. The van der Waals surface area contributed by atoms with Crippen LogP contribution in [0.15, 0.2) is 30.3 Å². The van der Waals surface area contributed by atoms with Crippen LogP contribution >= 0.6 is 11.6 Å². The number of nitrogens with one attached hydrogen (secondary N) is 1. The molecule has 0 spiro atoms. The van der Waals surface area contributed by atoms with Crippen molar-refractivity contribution >= 4 is 23.1 Å². The number of rotatable bonds is 4. The standard InChI is InChI=1S/C13H12ClFN2O2/c1-18-10-7-9(11(19-2)6-8(10)14)16-13-5-3-4-12(15)17-13/h3-7H,1-2H3,(H,16,17). The molecule has 1 aromatic carbocycles. The van der Waals surface area contributed by atoms with Gasteiger partial charge in [-0.2, -0.15) is 4.39 Å². The van der Waals surface area contributed by atoms with E-state index in [9.17, 15) is 4.39 Å². The van der Waals surface area contributed by atoms with Crippen molar-refractivity contribution in [3.63, 3.8) is 0 Å². The predicted octanol–water partition coefficient (Wildman–Crippen LogP) is 3.63. The van der Waals surface area contributed by atoms with Crippen LogP contribution in [0.3, 0.4) is 0 Å². The van der Waals surface area contributed by atoms with E-state index in [2.05, 4.69) is 10.3 Å². The first-order valence-corrected chi connectivity index (χ1v) is 5.83. The lowest BCUT2D eigenvalue weighted by molar-refractivity contribution is 0.405. The molecule has 0 atom stereocenters. The van der Waals surface area contributed by atoms with Gasteiger partial charge in [0.25, 0.3) is 0 Å². The smallest absolute Gasteiger partial charge is 0.214 e. The minimum Gasteiger partial charge on any atom is -0.495 e. The van der Waals surface area contributed by atoms with Gasteiger partial charge in [-0.15, -0.1) is 0 Å². The summed E-state index contributed by atoms with van der Waals surface area (Å²) in [5.41, 5.74) is 0.585. The number of methoxy groups -OCH3 is 2. The quantitative estimate of drug-likeness (QED) is 0.870. The van der Waals surface area contributed by atoms with Crippen molar-refractivity contribution < 1.29 is 13.9 Å². The molecule has 0 aliphatic carbocycles. The van der Waals surface area contributed by atoms with E-state index in [-0.39, 0.29) is 0 Å². The molecule has 0 saturated carbocycles. The first-order valence-electron chi connectivity index (χ1n) is 5.45. The number of anilines is 2.